The quantitative estimate of drug-likeness (QED) is 0.276. The van der Waals surface area contributed by atoms with Crippen molar-refractivity contribution in [3.63, 3.8) is 0 Å². The predicted molar refractivity (Wildman–Crippen MR) is 148 cm³/mol. The standard InChI is InChI=1S/C31H32FN3O4/c1-19-26(20(2)39-35-19)24-17-16-23(18-25(24)32)33-29(36)28(38-30(37)34-31(3,4)5)27(21-12-8-6-9-13-21)22-14-10-7-11-15-22/h6-18,27-28H,1-5H3,(H,33,36)(H,34,37)/t28-/m0/s1. The van der Waals surface area contributed by atoms with E-state index in [0.29, 0.717) is 22.6 Å². The molecule has 0 saturated carbocycles. The molecular formula is C31H32FN3O4. The van der Waals surface area contributed by atoms with Gasteiger partial charge in [0.2, 0.25) is 0 Å². The van der Waals surface area contributed by atoms with Gasteiger partial charge in [-0.2, -0.15) is 0 Å². The summed E-state index contributed by atoms with van der Waals surface area (Å²) in [7, 11) is 0. The molecular weight excluding hydrogens is 497 g/mol. The summed E-state index contributed by atoms with van der Waals surface area (Å²) in [6.45, 7) is 8.90. The molecule has 1 atom stereocenters. The molecule has 0 radical (unpaired) electrons. The molecule has 2 amide bonds. The van der Waals surface area contributed by atoms with Crippen LogP contribution in [0.1, 0.15) is 49.3 Å². The molecule has 39 heavy (non-hydrogen) atoms. The minimum Gasteiger partial charge on any atom is -0.435 e. The Morgan fingerprint density at radius 3 is 2.00 bits per heavy atom. The smallest absolute Gasteiger partial charge is 0.408 e. The Labute approximate surface area is 227 Å². The second kappa shape index (κ2) is 11.5. The molecule has 0 spiro atoms. The summed E-state index contributed by atoms with van der Waals surface area (Å²) >= 11 is 0. The summed E-state index contributed by atoms with van der Waals surface area (Å²) in [5, 5.41) is 9.39. The van der Waals surface area contributed by atoms with Crippen molar-refractivity contribution < 1.29 is 23.2 Å². The lowest BCUT2D eigenvalue weighted by Gasteiger charge is -2.29. The minimum absolute atomic E-state index is 0.220. The first-order valence-corrected chi connectivity index (χ1v) is 12.7. The van der Waals surface area contributed by atoms with Gasteiger partial charge in [-0.05, 0) is 63.9 Å². The van der Waals surface area contributed by atoms with Crippen molar-refractivity contribution in [3.05, 3.63) is 107 Å². The van der Waals surface area contributed by atoms with E-state index >= 15 is 4.39 Å². The van der Waals surface area contributed by atoms with E-state index < -0.39 is 35.4 Å². The van der Waals surface area contributed by atoms with Crippen LogP contribution in [0.25, 0.3) is 11.1 Å². The summed E-state index contributed by atoms with van der Waals surface area (Å²) < 4.78 is 26.2. The molecule has 8 heteroatoms. The Bertz CT molecular complexity index is 1390. The van der Waals surface area contributed by atoms with Crippen molar-refractivity contribution in [2.24, 2.45) is 0 Å². The predicted octanol–water partition coefficient (Wildman–Crippen LogP) is 6.76. The third kappa shape index (κ3) is 6.71. The van der Waals surface area contributed by atoms with Gasteiger partial charge in [-0.3, -0.25) is 4.79 Å². The van der Waals surface area contributed by atoms with E-state index in [1.165, 1.54) is 6.07 Å². The number of rotatable bonds is 7. The molecule has 0 saturated heterocycles. The lowest BCUT2D eigenvalue weighted by atomic mass is 9.86. The Morgan fingerprint density at radius 1 is 0.923 bits per heavy atom. The lowest BCUT2D eigenvalue weighted by Crippen LogP contribution is -2.46. The molecule has 1 heterocycles. The zero-order valence-corrected chi connectivity index (χ0v) is 22.6. The number of amides is 2. The number of carbonyl (C=O) groups excluding carboxylic acids is 2. The first-order chi connectivity index (χ1) is 18.5. The maximum Gasteiger partial charge on any atom is 0.408 e. The van der Waals surface area contributed by atoms with Gasteiger partial charge in [-0.15, -0.1) is 0 Å². The van der Waals surface area contributed by atoms with Gasteiger partial charge in [0.05, 0.1) is 17.2 Å². The molecule has 3 aromatic carbocycles. The Hall–Kier alpha value is -4.46. The highest BCUT2D eigenvalue weighted by Gasteiger charge is 2.35. The molecule has 7 nitrogen and oxygen atoms in total. The van der Waals surface area contributed by atoms with Crippen LogP contribution in [0.15, 0.2) is 83.4 Å². The van der Waals surface area contributed by atoms with E-state index in [1.807, 2.05) is 81.4 Å². The monoisotopic (exact) mass is 529 g/mol. The molecule has 0 bridgehead atoms. The van der Waals surface area contributed by atoms with Crippen LogP contribution in [0.2, 0.25) is 0 Å². The average Bonchev–Trinajstić information content (AvgIpc) is 3.21. The van der Waals surface area contributed by atoms with Crippen molar-refractivity contribution in [2.45, 2.75) is 52.2 Å². The van der Waals surface area contributed by atoms with Crippen LogP contribution < -0.4 is 10.6 Å². The van der Waals surface area contributed by atoms with E-state index in [1.54, 1.807) is 26.0 Å². The summed E-state index contributed by atoms with van der Waals surface area (Å²) in [6.07, 6.45) is -2.00. The number of anilines is 1. The van der Waals surface area contributed by atoms with Gasteiger partial charge in [-0.1, -0.05) is 65.8 Å². The van der Waals surface area contributed by atoms with Crippen molar-refractivity contribution >= 4 is 17.7 Å². The molecule has 0 fully saturated rings. The van der Waals surface area contributed by atoms with Crippen LogP contribution in [0.3, 0.4) is 0 Å². The number of hydrogen-bond acceptors (Lipinski definition) is 5. The number of halogens is 1. The Balaban J connectivity index is 1.70. The summed E-state index contributed by atoms with van der Waals surface area (Å²) in [5.41, 5.74) is 2.66. The first-order valence-electron chi connectivity index (χ1n) is 12.7. The number of nitrogens with zero attached hydrogens (tertiary/aromatic N) is 1. The van der Waals surface area contributed by atoms with E-state index in [0.717, 1.165) is 11.1 Å². The molecule has 0 aliphatic carbocycles. The topological polar surface area (TPSA) is 93.5 Å². The fourth-order valence-corrected chi connectivity index (χ4v) is 4.46. The van der Waals surface area contributed by atoms with E-state index in [9.17, 15) is 9.59 Å². The third-order valence-electron chi connectivity index (χ3n) is 6.13. The highest BCUT2D eigenvalue weighted by atomic mass is 19.1. The van der Waals surface area contributed by atoms with E-state index in [-0.39, 0.29) is 5.69 Å². The normalized spacial score (nSPS) is 12.2. The van der Waals surface area contributed by atoms with Gasteiger partial charge in [0.25, 0.3) is 5.91 Å². The second-order valence-corrected chi connectivity index (χ2v) is 10.4. The molecule has 4 aromatic rings. The van der Waals surface area contributed by atoms with Gasteiger partial charge >= 0.3 is 6.09 Å². The van der Waals surface area contributed by atoms with Crippen molar-refractivity contribution in [1.82, 2.24) is 10.5 Å². The van der Waals surface area contributed by atoms with Crippen LogP contribution in [0.5, 0.6) is 0 Å². The zero-order chi connectivity index (χ0) is 28.2. The number of aromatic nitrogens is 1. The maximum absolute atomic E-state index is 15.2. The highest BCUT2D eigenvalue weighted by Crippen LogP contribution is 2.33. The molecule has 1 aromatic heterocycles. The van der Waals surface area contributed by atoms with Crippen LogP contribution in [0, 0.1) is 19.7 Å². The second-order valence-electron chi connectivity index (χ2n) is 10.4. The van der Waals surface area contributed by atoms with Gasteiger partial charge in [0, 0.05) is 16.8 Å². The third-order valence-corrected chi connectivity index (χ3v) is 6.13. The maximum atomic E-state index is 15.2. The molecule has 4 rings (SSSR count). The summed E-state index contributed by atoms with van der Waals surface area (Å²) in [5.74, 6) is -1.27. The number of ether oxygens (including phenoxy) is 1. The Morgan fingerprint density at radius 2 is 1.51 bits per heavy atom. The number of aryl methyl sites for hydroxylation is 2. The number of benzene rings is 3. The summed E-state index contributed by atoms with van der Waals surface area (Å²) in [4.78, 5) is 26.7. The number of hydrogen-bond donors (Lipinski definition) is 2. The molecule has 2 N–H and O–H groups in total. The lowest BCUT2D eigenvalue weighted by molar-refractivity contribution is -0.125. The summed E-state index contributed by atoms with van der Waals surface area (Å²) in [6, 6.07) is 23.1. The molecule has 202 valence electrons. The van der Waals surface area contributed by atoms with Crippen LogP contribution in [-0.4, -0.2) is 28.8 Å². The van der Waals surface area contributed by atoms with Crippen LogP contribution >= 0.6 is 0 Å². The molecule has 0 aliphatic heterocycles. The number of carbonyl (C=O) groups is 2. The minimum atomic E-state index is -1.26. The van der Waals surface area contributed by atoms with Gasteiger partial charge in [0.15, 0.2) is 6.10 Å². The highest BCUT2D eigenvalue weighted by molar-refractivity contribution is 5.96. The average molecular weight is 530 g/mol. The fourth-order valence-electron chi connectivity index (χ4n) is 4.46. The first kappa shape index (κ1) is 27.6. The van der Waals surface area contributed by atoms with Crippen LogP contribution in [-0.2, 0) is 9.53 Å². The van der Waals surface area contributed by atoms with E-state index in [4.69, 9.17) is 9.26 Å². The SMILES string of the molecule is Cc1noc(C)c1-c1ccc(NC(=O)[C@@H](OC(=O)NC(C)(C)C)C(c2ccccc2)c2ccccc2)cc1F. The van der Waals surface area contributed by atoms with Gasteiger partial charge < -0.3 is 19.9 Å². The zero-order valence-electron chi connectivity index (χ0n) is 22.6. The van der Waals surface area contributed by atoms with Crippen molar-refractivity contribution in [3.8, 4) is 11.1 Å². The van der Waals surface area contributed by atoms with Gasteiger partial charge in [0.1, 0.15) is 11.6 Å². The molecule has 0 unspecified atom stereocenters. The number of alkyl carbamates (subject to hydrolysis) is 1. The van der Waals surface area contributed by atoms with Crippen LogP contribution in [0.4, 0.5) is 14.9 Å². The van der Waals surface area contributed by atoms with Crippen molar-refractivity contribution in [2.75, 3.05) is 5.32 Å². The number of nitrogens with one attached hydrogen (secondary N) is 2. The Kier molecular flexibility index (Phi) is 8.14. The largest absolute Gasteiger partial charge is 0.435 e. The van der Waals surface area contributed by atoms with E-state index in [2.05, 4.69) is 15.8 Å². The van der Waals surface area contributed by atoms with Gasteiger partial charge in [-0.25, -0.2) is 9.18 Å². The van der Waals surface area contributed by atoms with Crippen molar-refractivity contribution in [1.29, 1.82) is 0 Å². The fraction of sp³-hybridized carbons (Fsp3) is 0.258. The molecule has 0 aliphatic rings.